The molecule has 0 atom stereocenters. The predicted octanol–water partition coefficient (Wildman–Crippen LogP) is 1.19. The standard InChI is InChI=1S/C18H29N3O3/c1-18(2,3)13-21(17(23)12-20-16(22)11-19)10-9-14-5-7-15(24-4)8-6-14/h5-8H,9-13,19H2,1-4H3,(H,20,22). The van der Waals surface area contributed by atoms with Crippen molar-refractivity contribution in [3.05, 3.63) is 29.8 Å². The second-order valence-corrected chi connectivity index (χ2v) is 6.95. The maximum Gasteiger partial charge on any atom is 0.241 e. The molecule has 0 aliphatic rings. The van der Waals surface area contributed by atoms with Gasteiger partial charge in [0, 0.05) is 13.1 Å². The molecule has 0 saturated heterocycles. The van der Waals surface area contributed by atoms with Gasteiger partial charge in [-0.1, -0.05) is 32.9 Å². The number of rotatable bonds is 8. The van der Waals surface area contributed by atoms with Gasteiger partial charge in [0.25, 0.3) is 0 Å². The van der Waals surface area contributed by atoms with E-state index in [1.54, 1.807) is 12.0 Å². The van der Waals surface area contributed by atoms with E-state index in [1.165, 1.54) is 0 Å². The average Bonchev–Trinajstić information content (AvgIpc) is 2.55. The monoisotopic (exact) mass is 335 g/mol. The van der Waals surface area contributed by atoms with Gasteiger partial charge >= 0.3 is 0 Å². The van der Waals surface area contributed by atoms with Crippen molar-refractivity contribution in [2.24, 2.45) is 11.1 Å². The van der Waals surface area contributed by atoms with Crippen molar-refractivity contribution in [2.45, 2.75) is 27.2 Å². The number of methoxy groups -OCH3 is 1. The molecule has 1 rings (SSSR count). The third kappa shape index (κ3) is 7.46. The van der Waals surface area contributed by atoms with Gasteiger partial charge in [0.2, 0.25) is 11.8 Å². The number of hydrogen-bond acceptors (Lipinski definition) is 4. The Balaban J connectivity index is 2.66. The van der Waals surface area contributed by atoms with Crippen LogP contribution in [-0.4, -0.2) is 50.0 Å². The van der Waals surface area contributed by atoms with Gasteiger partial charge in [0.1, 0.15) is 5.75 Å². The summed E-state index contributed by atoms with van der Waals surface area (Å²) in [5.74, 6) is 0.389. The van der Waals surface area contributed by atoms with Gasteiger partial charge in [-0.3, -0.25) is 9.59 Å². The molecule has 0 unspecified atom stereocenters. The number of carbonyl (C=O) groups excluding carboxylic acids is 2. The third-order valence-corrected chi connectivity index (χ3v) is 3.47. The Morgan fingerprint density at radius 1 is 1.21 bits per heavy atom. The van der Waals surface area contributed by atoms with Gasteiger partial charge in [-0.15, -0.1) is 0 Å². The van der Waals surface area contributed by atoms with Crippen molar-refractivity contribution in [3.63, 3.8) is 0 Å². The van der Waals surface area contributed by atoms with Gasteiger partial charge in [-0.05, 0) is 29.5 Å². The number of nitrogens with one attached hydrogen (secondary N) is 1. The lowest BCUT2D eigenvalue weighted by atomic mass is 9.95. The number of nitrogens with zero attached hydrogens (tertiary/aromatic N) is 1. The summed E-state index contributed by atoms with van der Waals surface area (Å²) >= 11 is 0. The molecular formula is C18H29N3O3. The Morgan fingerprint density at radius 3 is 2.33 bits per heavy atom. The van der Waals surface area contributed by atoms with E-state index in [0.29, 0.717) is 13.1 Å². The smallest absolute Gasteiger partial charge is 0.241 e. The fraction of sp³-hybridized carbons (Fsp3) is 0.556. The zero-order valence-corrected chi connectivity index (χ0v) is 15.1. The van der Waals surface area contributed by atoms with Crippen LogP contribution < -0.4 is 15.8 Å². The van der Waals surface area contributed by atoms with Crippen LogP contribution in [0.5, 0.6) is 5.75 Å². The lowest BCUT2D eigenvalue weighted by molar-refractivity contribution is -0.133. The molecule has 0 heterocycles. The van der Waals surface area contributed by atoms with Crippen LogP contribution in [0.3, 0.4) is 0 Å². The molecule has 24 heavy (non-hydrogen) atoms. The molecule has 1 aromatic carbocycles. The first-order valence-corrected chi connectivity index (χ1v) is 8.12. The SMILES string of the molecule is COc1ccc(CCN(CC(C)(C)C)C(=O)CNC(=O)CN)cc1. The molecule has 0 aromatic heterocycles. The minimum Gasteiger partial charge on any atom is -0.497 e. The minimum atomic E-state index is -0.325. The quantitative estimate of drug-likeness (QED) is 0.747. The molecule has 6 nitrogen and oxygen atoms in total. The van der Waals surface area contributed by atoms with Crippen LogP contribution in [0.25, 0.3) is 0 Å². The van der Waals surface area contributed by atoms with E-state index in [9.17, 15) is 9.59 Å². The van der Waals surface area contributed by atoms with E-state index in [0.717, 1.165) is 17.7 Å². The fourth-order valence-corrected chi connectivity index (χ4v) is 2.28. The number of benzene rings is 1. The second-order valence-electron chi connectivity index (χ2n) is 6.95. The summed E-state index contributed by atoms with van der Waals surface area (Å²) in [5, 5.41) is 2.54. The van der Waals surface area contributed by atoms with Crippen LogP contribution in [0.2, 0.25) is 0 Å². The molecule has 0 radical (unpaired) electrons. The van der Waals surface area contributed by atoms with Crippen molar-refractivity contribution in [1.82, 2.24) is 10.2 Å². The highest BCUT2D eigenvalue weighted by Gasteiger charge is 2.21. The van der Waals surface area contributed by atoms with E-state index in [-0.39, 0.29) is 30.3 Å². The molecular weight excluding hydrogens is 306 g/mol. The number of nitrogens with two attached hydrogens (primary N) is 1. The van der Waals surface area contributed by atoms with E-state index < -0.39 is 0 Å². The van der Waals surface area contributed by atoms with Gasteiger partial charge in [-0.25, -0.2) is 0 Å². The molecule has 0 spiro atoms. The predicted molar refractivity (Wildman–Crippen MR) is 94.8 cm³/mol. The highest BCUT2D eigenvalue weighted by molar-refractivity contribution is 5.85. The molecule has 6 heteroatoms. The number of ether oxygens (including phenoxy) is 1. The molecule has 0 bridgehead atoms. The normalized spacial score (nSPS) is 11.0. The van der Waals surface area contributed by atoms with Gasteiger partial charge < -0.3 is 20.7 Å². The first-order chi connectivity index (χ1) is 11.2. The van der Waals surface area contributed by atoms with E-state index in [1.807, 2.05) is 24.3 Å². The van der Waals surface area contributed by atoms with Crippen molar-refractivity contribution >= 4 is 11.8 Å². The molecule has 0 saturated carbocycles. The Labute approximate surface area is 144 Å². The Bertz CT molecular complexity index is 535. The maximum atomic E-state index is 12.4. The summed E-state index contributed by atoms with van der Waals surface area (Å²) in [7, 11) is 1.63. The van der Waals surface area contributed by atoms with Crippen LogP contribution in [0.15, 0.2) is 24.3 Å². The third-order valence-electron chi connectivity index (χ3n) is 3.47. The minimum absolute atomic E-state index is 0.0191. The lowest BCUT2D eigenvalue weighted by Crippen LogP contribution is -2.45. The molecule has 0 aliphatic heterocycles. The van der Waals surface area contributed by atoms with Crippen molar-refractivity contribution in [1.29, 1.82) is 0 Å². The van der Waals surface area contributed by atoms with Crippen LogP contribution >= 0.6 is 0 Å². The van der Waals surface area contributed by atoms with Crippen molar-refractivity contribution < 1.29 is 14.3 Å². The second kappa shape index (κ2) is 9.27. The first kappa shape index (κ1) is 20.0. The fourth-order valence-electron chi connectivity index (χ4n) is 2.28. The summed E-state index contributed by atoms with van der Waals surface area (Å²) in [5.41, 5.74) is 6.36. The Hall–Kier alpha value is -2.08. The maximum absolute atomic E-state index is 12.4. The highest BCUT2D eigenvalue weighted by Crippen LogP contribution is 2.17. The summed E-state index contributed by atoms with van der Waals surface area (Å²) in [4.78, 5) is 25.5. The summed E-state index contributed by atoms with van der Waals surface area (Å²) in [6.07, 6.45) is 0.747. The van der Waals surface area contributed by atoms with Crippen LogP contribution in [0.4, 0.5) is 0 Å². The van der Waals surface area contributed by atoms with Crippen LogP contribution in [-0.2, 0) is 16.0 Å². The average molecular weight is 335 g/mol. The molecule has 1 aromatic rings. The highest BCUT2D eigenvalue weighted by atomic mass is 16.5. The number of hydrogen-bond donors (Lipinski definition) is 2. The number of carbonyl (C=O) groups is 2. The largest absolute Gasteiger partial charge is 0.497 e. The van der Waals surface area contributed by atoms with Crippen LogP contribution in [0.1, 0.15) is 26.3 Å². The zero-order valence-electron chi connectivity index (χ0n) is 15.1. The lowest BCUT2D eigenvalue weighted by Gasteiger charge is -2.30. The Morgan fingerprint density at radius 2 is 1.83 bits per heavy atom. The first-order valence-electron chi connectivity index (χ1n) is 8.12. The van der Waals surface area contributed by atoms with E-state index in [4.69, 9.17) is 10.5 Å². The summed E-state index contributed by atoms with van der Waals surface area (Å²) < 4.78 is 5.15. The zero-order chi connectivity index (χ0) is 18.2. The molecule has 2 amide bonds. The van der Waals surface area contributed by atoms with Gasteiger partial charge in [0.15, 0.2) is 0 Å². The van der Waals surface area contributed by atoms with E-state index >= 15 is 0 Å². The summed E-state index contributed by atoms with van der Waals surface area (Å²) in [6, 6.07) is 7.81. The molecule has 0 fully saturated rings. The topological polar surface area (TPSA) is 84.7 Å². The molecule has 134 valence electrons. The number of amides is 2. The van der Waals surface area contributed by atoms with E-state index in [2.05, 4.69) is 26.1 Å². The Kier molecular flexibility index (Phi) is 7.71. The van der Waals surface area contributed by atoms with Crippen molar-refractivity contribution in [2.75, 3.05) is 33.3 Å². The summed E-state index contributed by atoms with van der Waals surface area (Å²) in [6.45, 7) is 7.34. The molecule has 0 aliphatic carbocycles. The van der Waals surface area contributed by atoms with Crippen molar-refractivity contribution in [3.8, 4) is 5.75 Å². The van der Waals surface area contributed by atoms with Crippen LogP contribution in [0, 0.1) is 5.41 Å². The van der Waals surface area contributed by atoms with Gasteiger partial charge in [-0.2, -0.15) is 0 Å². The molecule has 3 N–H and O–H groups in total. The van der Waals surface area contributed by atoms with Gasteiger partial charge in [0.05, 0.1) is 20.2 Å².